The van der Waals surface area contributed by atoms with Gasteiger partial charge in [0, 0.05) is 13.1 Å². The van der Waals surface area contributed by atoms with Gasteiger partial charge in [-0.3, -0.25) is 4.79 Å². The smallest absolute Gasteiger partial charge is 0.265 e. The average molecular weight is 277 g/mol. The highest BCUT2D eigenvalue weighted by molar-refractivity contribution is 7.13. The van der Waals surface area contributed by atoms with Gasteiger partial charge in [-0.25, -0.2) is 4.98 Å². The molecular formula is C12H15N5OS. The normalized spacial score (nSPS) is 19.1. The number of thiazole rings is 1. The Morgan fingerprint density at radius 3 is 2.74 bits per heavy atom. The van der Waals surface area contributed by atoms with Gasteiger partial charge in [0.05, 0.1) is 29.1 Å². The first-order valence-corrected chi connectivity index (χ1v) is 7.06. The van der Waals surface area contributed by atoms with Crippen molar-refractivity contribution in [1.29, 1.82) is 0 Å². The van der Waals surface area contributed by atoms with Crippen LogP contribution in [-0.2, 0) is 0 Å². The Bertz CT molecular complexity index is 591. The highest BCUT2D eigenvalue weighted by Crippen LogP contribution is 2.25. The summed E-state index contributed by atoms with van der Waals surface area (Å²) in [6.45, 7) is 5.24. The van der Waals surface area contributed by atoms with E-state index in [0.717, 1.165) is 28.5 Å². The third-order valence-corrected chi connectivity index (χ3v) is 4.37. The van der Waals surface area contributed by atoms with Gasteiger partial charge in [-0.2, -0.15) is 15.0 Å². The molecule has 1 unspecified atom stereocenters. The highest BCUT2D eigenvalue weighted by atomic mass is 32.1. The van der Waals surface area contributed by atoms with E-state index < -0.39 is 0 Å². The van der Waals surface area contributed by atoms with Crippen LogP contribution in [0.25, 0.3) is 0 Å². The van der Waals surface area contributed by atoms with Gasteiger partial charge in [0.1, 0.15) is 4.88 Å². The lowest BCUT2D eigenvalue weighted by Crippen LogP contribution is -2.29. The maximum Gasteiger partial charge on any atom is 0.265 e. The monoisotopic (exact) mass is 277 g/mol. The van der Waals surface area contributed by atoms with Gasteiger partial charge in [0.15, 0.2) is 0 Å². The summed E-state index contributed by atoms with van der Waals surface area (Å²) in [6.07, 6.45) is 4.24. The summed E-state index contributed by atoms with van der Waals surface area (Å²) in [5.41, 5.74) is 0.827. The second-order valence-corrected chi connectivity index (χ2v) is 5.89. The molecule has 1 atom stereocenters. The van der Waals surface area contributed by atoms with Crippen molar-refractivity contribution in [2.75, 3.05) is 13.1 Å². The van der Waals surface area contributed by atoms with Gasteiger partial charge < -0.3 is 4.90 Å². The summed E-state index contributed by atoms with van der Waals surface area (Å²) in [7, 11) is 0. The van der Waals surface area contributed by atoms with Gasteiger partial charge in [-0.1, -0.05) is 0 Å². The largest absolute Gasteiger partial charge is 0.336 e. The summed E-state index contributed by atoms with van der Waals surface area (Å²) in [4.78, 5) is 21.1. The van der Waals surface area contributed by atoms with Crippen LogP contribution in [0.2, 0.25) is 0 Å². The van der Waals surface area contributed by atoms with Crippen LogP contribution in [0.5, 0.6) is 0 Å². The predicted molar refractivity (Wildman–Crippen MR) is 71.2 cm³/mol. The van der Waals surface area contributed by atoms with Crippen LogP contribution >= 0.6 is 11.3 Å². The van der Waals surface area contributed by atoms with Crippen molar-refractivity contribution in [3.8, 4) is 0 Å². The predicted octanol–water partition coefficient (Wildman–Crippen LogP) is 1.44. The molecule has 7 heteroatoms. The Balaban J connectivity index is 1.74. The van der Waals surface area contributed by atoms with Crippen LogP contribution in [0.3, 0.4) is 0 Å². The van der Waals surface area contributed by atoms with E-state index >= 15 is 0 Å². The molecule has 0 spiro atoms. The van der Waals surface area contributed by atoms with E-state index in [1.165, 1.54) is 11.3 Å². The van der Waals surface area contributed by atoms with E-state index in [2.05, 4.69) is 15.2 Å². The minimum Gasteiger partial charge on any atom is -0.336 e. The van der Waals surface area contributed by atoms with Crippen molar-refractivity contribution in [1.82, 2.24) is 24.9 Å². The van der Waals surface area contributed by atoms with Crippen molar-refractivity contribution in [3.05, 3.63) is 28.0 Å². The van der Waals surface area contributed by atoms with E-state index in [9.17, 15) is 4.79 Å². The van der Waals surface area contributed by atoms with Crippen LogP contribution in [0, 0.1) is 13.8 Å². The molecule has 0 radical (unpaired) electrons. The molecule has 1 aliphatic heterocycles. The number of nitrogens with zero attached hydrogens (tertiary/aromatic N) is 5. The van der Waals surface area contributed by atoms with Gasteiger partial charge in [0.25, 0.3) is 5.91 Å². The lowest BCUT2D eigenvalue weighted by molar-refractivity contribution is 0.0790. The van der Waals surface area contributed by atoms with Crippen molar-refractivity contribution < 1.29 is 4.79 Å². The molecule has 1 saturated heterocycles. The van der Waals surface area contributed by atoms with Crippen LogP contribution in [-0.4, -0.2) is 43.9 Å². The first-order valence-electron chi connectivity index (χ1n) is 6.24. The van der Waals surface area contributed by atoms with Crippen molar-refractivity contribution >= 4 is 17.2 Å². The highest BCUT2D eigenvalue weighted by Gasteiger charge is 2.30. The molecule has 0 bridgehead atoms. The average Bonchev–Trinajstić information content (AvgIpc) is 3.06. The quantitative estimate of drug-likeness (QED) is 0.833. The van der Waals surface area contributed by atoms with E-state index in [1.54, 1.807) is 17.2 Å². The number of carbonyl (C=O) groups excluding carboxylic acids is 1. The van der Waals surface area contributed by atoms with Crippen molar-refractivity contribution in [2.45, 2.75) is 26.3 Å². The molecule has 0 N–H and O–H groups in total. The van der Waals surface area contributed by atoms with E-state index in [-0.39, 0.29) is 11.9 Å². The van der Waals surface area contributed by atoms with Gasteiger partial charge in [0.2, 0.25) is 0 Å². The van der Waals surface area contributed by atoms with Gasteiger partial charge in [-0.05, 0) is 20.3 Å². The Morgan fingerprint density at radius 1 is 1.37 bits per heavy atom. The molecule has 1 amide bonds. The van der Waals surface area contributed by atoms with E-state index in [1.807, 2.05) is 18.7 Å². The second-order valence-electron chi connectivity index (χ2n) is 4.69. The topological polar surface area (TPSA) is 63.9 Å². The molecule has 2 aromatic rings. The van der Waals surface area contributed by atoms with Crippen LogP contribution < -0.4 is 0 Å². The van der Waals surface area contributed by atoms with E-state index in [4.69, 9.17) is 0 Å². The number of aromatic nitrogens is 4. The summed E-state index contributed by atoms with van der Waals surface area (Å²) in [5, 5.41) is 9.22. The maximum atomic E-state index is 12.4. The number of carbonyl (C=O) groups is 1. The molecule has 0 aliphatic carbocycles. The molecule has 3 rings (SSSR count). The number of hydrogen-bond acceptors (Lipinski definition) is 5. The third kappa shape index (κ3) is 2.25. The summed E-state index contributed by atoms with van der Waals surface area (Å²) >= 11 is 1.47. The molecule has 100 valence electrons. The van der Waals surface area contributed by atoms with Crippen LogP contribution in [0.1, 0.15) is 32.8 Å². The van der Waals surface area contributed by atoms with Gasteiger partial charge >= 0.3 is 0 Å². The number of aryl methyl sites for hydroxylation is 2. The molecular weight excluding hydrogens is 262 g/mol. The molecule has 6 nitrogen and oxygen atoms in total. The summed E-state index contributed by atoms with van der Waals surface area (Å²) in [5.74, 6) is 0.0813. The van der Waals surface area contributed by atoms with Gasteiger partial charge in [-0.15, -0.1) is 11.3 Å². The zero-order valence-corrected chi connectivity index (χ0v) is 11.7. The second kappa shape index (κ2) is 4.73. The molecule has 1 aliphatic rings. The molecule has 2 aromatic heterocycles. The van der Waals surface area contributed by atoms with Crippen molar-refractivity contribution in [2.24, 2.45) is 0 Å². The lowest BCUT2D eigenvalue weighted by atomic mass is 10.3. The zero-order chi connectivity index (χ0) is 13.4. The Hall–Kier alpha value is -1.76. The Kier molecular flexibility index (Phi) is 3.06. The number of likely N-dealkylation sites (tertiary alicyclic amines) is 1. The fourth-order valence-corrected chi connectivity index (χ4v) is 3.29. The Labute approximate surface area is 115 Å². The molecule has 3 heterocycles. The summed E-state index contributed by atoms with van der Waals surface area (Å²) < 4.78 is 0. The standard InChI is InChI=1S/C12H15N5OS/c1-8-11(19-9(2)15-8)12(18)16-6-3-10(7-16)17-13-4-5-14-17/h4-5,10H,3,6-7H2,1-2H3. The molecule has 19 heavy (non-hydrogen) atoms. The van der Waals surface area contributed by atoms with Crippen molar-refractivity contribution in [3.63, 3.8) is 0 Å². The Morgan fingerprint density at radius 2 is 2.11 bits per heavy atom. The number of rotatable bonds is 2. The van der Waals surface area contributed by atoms with Crippen LogP contribution in [0.4, 0.5) is 0 Å². The number of hydrogen-bond donors (Lipinski definition) is 0. The first kappa shape index (κ1) is 12.3. The SMILES string of the molecule is Cc1nc(C)c(C(=O)N2CCC(n3nccn3)C2)s1. The summed E-state index contributed by atoms with van der Waals surface area (Å²) in [6, 6.07) is 0.188. The molecule has 1 fully saturated rings. The number of amides is 1. The zero-order valence-electron chi connectivity index (χ0n) is 10.9. The van der Waals surface area contributed by atoms with E-state index in [0.29, 0.717) is 6.54 Å². The fraction of sp³-hybridized carbons (Fsp3) is 0.500. The maximum absolute atomic E-state index is 12.4. The minimum absolute atomic E-state index is 0.0813. The lowest BCUT2D eigenvalue weighted by Gasteiger charge is -2.15. The molecule has 0 saturated carbocycles. The van der Waals surface area contributed by atoms with Crippen LogP contribution in [0.15, 0.2) is 12.4 Å². The molecule has 0 aromatic carbocycles. The first-order chi connectivity index (χ1) is 9.15. The minimum atomic E-state index is 0.0813. The fourth-order valence-electron chi connectivity index (χ4n) is 2.40. The third-order valence-electron chi connectivity index (χ3n) is 3.31.